The summed E-state index contributed by atoms with van der Waals surface area (Å²) < 4.78 is 13.0. The summed E-state index contributed by atoms with van der Waals surface area (Å²) in [6, 6.07) is 13.4. The van der Waals surface area contributed by atoms with Crippen LogP contribution in [0.1, 0.15) is 23.7 Å². The molecule has 1 heterocycles. The third-order valence-corrected chi connectivity index (χ3v) is 4.47. The second-order valence-corrected chi connectivity index (χ2v) is 6.24. The minimum absolute atomic E-state index is 0.0450. The molecule has 5 nitrogen and oxygen atoms in total. The quantitative estimate of drug-likeness (QED) is 0.917. The average Bonchev–Trinajstić information content (AvgIpc) is 2.68. The molecule has 136 valence electrons. The maximum absolute atomic E-state index is 13.0. The van der Waals surface area contributed by atoms with Gasteiger partial charge in [-0.05, 0) is 42.5 Å². The van der Waals surface area contributed by atoms with Crippen LogP contribution in [0.3, 0.4) is 0 Å². The Kier molecular flexibility index (Phi) is 5.51. The lowest BCUT2D eigenvalue weighted by Crippen LogP contribution is -2.48. The van der Waals surface area contributed by atoms with Crippen molar-refractivity contribution in [3.63, 3.8) is 0 Å². The Morgan fingerprint density at radius 2 is 1.73 bits per heavy atom. The molecule has 1 fully saturated rings. The Labute approximate surface area is 152 Å². The van der Waals surface area contributed by atoms with Gasteiger partial charge in [0.15, 0.2) is 0 Å². The summed E-state index contributed by atoms with van der Waals surface area (Å²) in [5, 5.41) is 2.77. The molecule has 0 radical (unpaired) electrons. The minimum Gasteiger partial charge on any atom is -0.368 e. The molecule has 26 heavy (non-hydrogen) atoms. The van der Waals surface area contributed by atoms with Gasteiger partial charge in [-0.15, -0.1) is 0 Å². The van der Waals surface area contributed by atoms with E-state index in [1.54, 1.807) is 48.2 Å². The van der Waals surface area contributed by atoms with Crippen LogP contribution in [0.2, 0.25) is 0 Å². The molecule has 2 amide bonds. The molecule has 0 atom stereocenters. The molecule has 1 aliphatic heterocycles. The number of amides is 2. The molecule has 1 N–H and O–H groups in total. The summed E-state index contributed by atoms with van der Waals surface area (Å²) in [5.74, 6) is -0.378. The molecule has 0 bridgehead atoms. The minimum atomic E-state index is -0.252. The molecular formula is C20H22FN3O2. The van der Waals surface area contributed by atoms with Crippen molar-refractivity contribution in [3.05, 3.63) is 59.9 Å². The summed E-state index contributed by atoms with van der Waals surface area (Å²) in [4.78, 5) is 28.2. The van der Waals surface area contributed by atoms with E-state index in [0.29, 0.717) is 43.9 Å². The molecule has 0 aliphatic carbocycles. The molecular weight excluding hydrogens is 333 g/mol. The average molecular weight is 355 g/mol. The number of hydrogen-bond acceptors (Lipinski definition) is 3. The van der Waals surface area contributed by atoms with E-state index < -0.39 is 0 Å². The van der Waals surface area contributed by atoms with Crippen LogP contribution in [0.25, 0.3) is 0 Å². The number of anilines is 2. The van der Waals surface area contributed by atoms with E-state index in [0.717, 1.165) is 5.69 Å². The van der Waals surface area contributed by atoms with Gasteiger partial charge in [-0.1, -0.05) is 13.0 Å². The first-order chi connectivity index (χ1) is 12.6. The maximum atomic E-state index is 13.0. The summed E-state index contributed by atoms with van der Waals surface area (Å²) in [6.07, 6.45) is 0.392. The van der Waals surface area contributed by atoms with Gasteiger partial charge in [-0.3, -0.25) is 9.59 Å². The Balaban J connectivity index is 1.62. The summed E-state index contributed by atoms with van der Waals surface area (Å²) >= 11 is 0. The number of hydrogen-bond donors (Lipinski definition) is 1. The molecule has 1 saturated heterocycles. The fourth-order valence-corrected chi connectivity index (χ4v) is 2.98. The van der Waals surface area contributed by atoms with Crippen LogP contribution in [0.5, 0.6) is 0 Å². The van der Waals surface area contributed by atoms with E-state index in [1.807, 2.05) is 0 Å². The van der Waals surface area contributed by atoms with E-state index in [1.165, 1.54) is 12.1 Å². The molecule has 0 unspecified atom stereocenters. The summed E-state index contributed by atoms with van der Waals surface area (Å²) in [7, 11) is 0. The number of carbonyl (C=O) groups is 2. The van der Waals surface area contributed by atoms with E-state index in [9.17, 15) is 14.0 Å². The van der Waals surface area contributed by atoms with Crippen molar-refractivity contribution in [1.82, 2.24) is 4.90 Å². The van der Waals surface area contributed by atoms with Crippen LogP contribution in [0, 0.1) is 5.82 Å². The van der Waals surface area contributed by atoms with E-state index >= 15 is 0 Å². The standard InChI is InChI=1S/C20H22FN3O2/c1-2-19(25)22-17-5-3-4-15(14-17)20(26)24-12-10-23(11-13-24)18-8-6-16(21)7-9-18/h3-9,14H,2,10-13H2,1H3,(H,22,25). The lowest BCUT2D eigenvalue weighted by atomic mass is 10.1. The highest BCUT2D eigenvalue weighted by Gasteiger charge is 2.22. The molecule has 0 spiro atoms. The van der Waals surface area contributed by atoms with Crippen molar-refractivity contribution in [1.29, 1.82) is 0 Å². The normalized spacial score (nSPS) is 14.2. The number of carbonyl (C=O) groups excluding carboxylic acids is 2. The van der Waals surface area contributed by atoms with Gasteiger partial charge in [0.2, 0.25) is 5.91 Å². The number of nitrogens with zero attached hydrogens (tertiary/aromatic N) is 2. The van der Waals surface area contributed by atoms with Gasteiger partial charge in [0, 0.05) is 49.5 Å². The first-order valence-corrected chi connectivity index (χ1v) is 8.76. The molecule has 1 aliphatic rings. The van der Waals surface area contributed by atoms with Gasteiger partial charge >= 0.3 is 0 Å². The van der Waals surface area contributed by atoms with Gasteiger partial charge in [0.25, 0.3) is 5.91 Å². The first kappa shape index (κ1) is 17.9. The Hall–Kier alpha value is -2.89. The van der Waals surface area contributed by atoms with Crippen molar-refractivity contribution in [2.24, 2.45) is 0 Å². The zero-order chi connectivity index (χ0) is 18.5. The highest BCUT2D eigenvalue weighted by atomic mass is 19.1. The second-order valence-electron chi connectivity index (χ2n) is 6.24. The zero-order valence-electron chi connectivity index (χ0n) is 14.7. The van der Waals surface area contributed by atoms with Crippen molar-refractivity contribution in [2.75, 3.05) is 36.4 Å². The van der Waals surface area contributed by atoms with Gasteiger partial charge in [-0.2, -0.15) is 0 Å². The van der Waals surface area contributed by atoms with Crippen molar-refractivity contribution in [2.45, 2.75) is 13.3 Å². The highest BCUT2D eigenvalue weighted by molar-refractivity contribution is 5.97. The highest BCUT2D eigenvalue weighted by Crippen LogP contribution is 2.19. The maximum Gasteiger partial charge on any atom is 0.254 e. The number of nitrogens with one attached hydrogen (secondary N) is 1. The summed E-state index contributed by atoms with van der Waals surface area (Å²) in [6.45, 7) is 4.38. The first-order valence-electron chi connectivity index (χ1n) is 8.76. The van der Waals surface area contributed by atoms with Crippen LogP contribution >= 0.6 is 0 Å². The van der Waals surface area contributed by atoms with E-state index in [-0.39, 0.29) is 17.6 Å². The SMILES string of the molecule is CCC(=O)Nc1cccc(C(=O)N2CCN(c3ccc(F)cc3)CC2)c1. The predicted octanol–water partition coefficient (Wildman–Crippen LogP) is 3.14. The number of halogens is 1. The number of benzene rings is 2. The summed E-state index contributed by atoms with van der Waals surface area (Å²) in [5.41, 5.74) is 2.16. The lowest BCUT2D eigenvalue weighted by molar-refractivity contribution is -0.115. The van der Waals surface area contributed by atoms with Crippen molar-refractivity contribution < 1.29 is 14.0 Å². The number of rotatable bonds is 4. The van der Waals surface area contributed by atoms with Gasteiger partial charge in [-0.25, -0.2) is 4.39 Å². The van der Waals surface area contributed by atoms with Gasteiger partial charge in [0.1, 0.15) is 5.82 Å². The molecule has 6 heteroatoms. The van der Waals surface area contributed by atoms with Gasteiger partial charge < -0.3 is 15.1 Å². The molecule has 0 saturated carbocycles. The topological polar surface area (TPSA) is 52.7 Å². The van der Waals surface area contributed by atoms with Crippen LogP contribution in [0.4, 0.5) is 15.8 Å². The van der Waals surface area contributed by atoms with Crippen LogP contribution < -0.4 is 10.2 Å². The largest absolute Gasteiger partial charge is 0.368 e. The number of piperazine rings is 1. The third-order valence-electron chi connectivity index (χ3n) is 4.47. The Bertz CT molecular complexity index is 784. The smallest absolute Gasteiger partial charge is 0.254 e. The second kappa shape index (κ2) is 7.99. The molecule has 2 aromatic rings. The monoisotopic (exact) mass is 355 g/mol. The fourth-order valence-electron chi connectivity index (χ4n) is 2.98. The van der Waals surface area contributed by atoms with Gasteiger partial charge in [0.05, 0.1) is 0 Å². The predicted molar refractivity (Wildman–Crippen MR) is 99.9 cm³/mol. The van der Waals surface area contributed by atoms with E-state index in [2.05, 4.69) is 10.2 Å². The van der Waals surface area contributed by atoms with Crippen molar-refractivity contribution >= 4 is 23.2 Å². The molecule has 2 aromatic carbocycles. The third kappa shape index (κ3) is 4.20. The Morgan fingerprint density at radius 1 is 1.04 bits per heavy atom. The lowest BCUT2D eigenvalue weighted by Gasteiger charge is -2.36. The van der Waals surface area contributed by atoms with Crippen LogP contribution in [-0.4, -0.2) is 42.9 Å². The molecule has 0 aromatic heterocycles. The van der Waals surface area contributed by atoms with Crippen LogP contribution in [-0.2, 0) is 4.79 Å². The van der Waals surface area contributed by atoms with E-state index in [4.69, 9.17) is 0 Å². The van der Waals surface area contributed by atoms with Crippen molar-refractivity contribution in [3.8, 4) is 0 Å². The Morgan fingerprint density at radius 3 is 2.38 bits per heavy atom. The fraction of sp³-hybridized carbons (Fsp3) is 0.300. The zero-order valence-corrected chi connectivity index (χ0v) is 14.7. The molecule has 3 rings (SSSR count). The van der Waals surface area contributed by atoms with Crippen LogP contribution in [0.15, 0.2) is 48.5 Å².